The molecule has 3 aromatic rings. The largest absolute Gasteiger partial charge is 0.450 e. The van der Waals surface area contributed by atoms with E-state index in [-0.39, 0.29) is 30.8 Å². The molecule has 4 aliphatic rings. The van der Waals surface area contributed by atoms with Crippen molar-refractivity contribution in [3.63, 3.8) is 0 Å². The van der Waals surface area contributed by atoms with Crippen molar-refractivity contribution >= 4 is 22.6 Å². The molecule has 0 radical (unpaired) electrons. The van der Waals surface area contributed by atoms with Gasteiger partial charge in [0.25, 0.3) is 0 Å². The van der Waals surface area contributed by atoms with Crippen LogP contribution < -0.4 is 0 Å². The number of hydrogen-bond acceptors (Lipinski definition) is 5. The average Bonchev–Trinajstić information content (AvgIpc) is 3.36. The molecule has 262 valence electrons. The van der Waals surface area contributed by atoms with Crippen molar-refractivity contribution in [1.82, 2.24) is 4.90 Å². The monoisotopic (exact) mass is 665 g/mol. The van der Waals surface area contributed by atoms with E-state index in [2.05, 4.69) is 62.4 Å². The highest BCUT2D eigenvalue weighted by atomic mass is 16.6. The van der Waals surface area contributed by atoms with E-state index >= 15 is 0 Å². The summed E-state index contributed by atoms with van der Waals surface area (Å²) in [6.45, 7) is 6.84. The maximum atomic E-state index is 14.4. The number of allylic oxidation sites excluding steroid dienone is 2. The van der Waals surface area contributed by atoms with Gasteiger partial charge in [0.05, 0.1) is 24.9 Å². The van der Waals surface area contributed by atoms with Gasteiger partial charge in [0.1, 0.15) is 0 Å². The number of rotatable bonds is 7. The molecule has 4 aliphatic carbocycles. The summed E-state index contributed by atoms with van der Waals surface area (Å²) >= 11 is 0. The fourth-order valence-electron chi connectivity index (χ4n) is 9.15. The highest BCUT2D eigenvalue weighted by Gasteiger charge is 2.58. The van der Waals surface area contributed by atoms with Crippen LogP contribution in [0.4, 0.5) is 4.79 Å². The summed E-state index contributed by atoms with van der Waals surface area (Å²) < 4.78 is 5.61. The van der Waals surface area contributed by atoms with Crippen molar-refractivity contribution in [3.05, 3.63) is 94.6 Å². The Kier molecular flexibility index (Phi) is 11.0. The van der Waals surface area contributed by atoms with E-state index in [1.54, 1.807) is 4.90 Å². The Morgan fingerprint density at radius 2 is 1.73 bits per heavy atom. The predicted molar refractivity (Wildman–Crippen MR) is 196 cm³/mol. The Bertz CT molecular complexity index is 1670. The molecule has 3 aromatic carbocycles. The highest BCUT2D eigenvalue weighted by molar-refractivity contribution is 5.99. The van der Waals surface area contributed by atoms with Gasteiger partial charge in [0.2, 0.25) is 0 Å². The lowest BCUT2D eigenvalue weighted by Crippen LogP contribution is -2.53. The number of benzene rings is 3. The van der Waals surface area contributed by atoms with E-state index in [4.69, 9.17) is 4.74 Å². The lowest BCUT2D eigenvalue weighted by molar-refractivity contribution is -0.0820. The number of hydrogen-bond donors (Lipinski definition) is 2. The number of ether oxygens (including phenoxy) is 1. The Morgan fingerprint density at radius 1 is 0.959 bits per heavy atom. The molecule has 0 aromatic heterocycles. The first-order valence-corrected chi connectivity index (χ1v) is 18.7. The quantitative estimate of drug-likeness (QED) is 0.194. The number of carbonyl (C=O) groups excluding carboxylic acids is 2. The van der Waals surface area contributed by atoms with Crippen LogP contribution in [0.1, 0.15) is 124 Å². The predicted octanol–water partition coefficient (Wildman–Crippen LogP) is 9.30. The summed E-state index contributed by atoms with van der Waals surface area (Å²) in [5.41, 5.74) is 3.20. The van der Waals surface area contributed by atoms with Gasteiger partial charge in [-0.2, -0.15) is 0 Å². The number of amides is 1. The maximum absolute atomic E-state index is 14.4. The first kappa shape index (κ1) is 35.3. The third-order valence-electron chi connectivity index (χ3n) is 12.1. The number of fused-ring (bicyclic) bond motifs is 9. The van der Waals surface area contributed by atoms with Crippen LogP contribution in [0, 0.1) is 11.3 Å². The molecule has 4 unspecified atom stereocenters. The van der Waals surface area contributed by atoms with Crippen LogP contribution in [-0.4, -0.2) is 51.8 Å². The van der Waals surface area contributed by atoms with Gasteiger partial charge in [-0.1, -0.05) is 92.4 Å². The summed E-state index contributed by atoms with van der Waals surface area (Å²) in [7, 11) is 0. The Labute approximate surface area is 292 Å². The topological polar surface area (TPSA) is 87.1 Å². The molecular formula is C43H55NO5. The van der Waals surface area contributed by atoms with Gasteiger partial charge in [0.15, 0.2) is 5.78 Å². The van der Waals surface area contributed by atoms with Crippen LogP contribution >= 0.6 is 0 Å². The zero-order chi connectivity index (χ0) is 34.6. The van der Waals surface area contributed by atoms with Crippen LogP contribution in [0.15, 0.2) is 72.3 Å². The van der Waals surface area contributed by atoms with Gasteiger partial charge in [0, 0.05) is 23.4 Å². The molecule has 0 heterocycles. The molecule has 6 heteroatoms. The van der Waals surface area contributed by atoms with E-state index in [1.165, 1.54) is 12.0 Å². The number of ketones is 1. The number of Topliss-reactive ketones (excluding diaryl/α,β-unsaturated/α-hetero) is 1. The van der Waals surface area contributed by atoms with Crippen molar-refractivity contribution in [2.75, 3.05) is 13.2 Å². The second-order valence-corrected chi connectivity index (χ2v) is 15.3. The summed E-state index contributed by atoms with van der Waals surface area (Å²) in [5, 5.41) is 26.1. The van der Waals surface area contributed by atoms with Gasteiger partial charge in [-0.05, 0) is 111 Å². The Hall–Kier alpha value is -3.48. The molecule has 49 heavy (non-hydrogen) atoms. The normalized spacial score (nSPS) is 26.5. The smallest absolute Gasteiger partial charge is 0.410 e. The number of aliphatic hydroxyl groups is 2. The van der Waals surface area contributed by atoms with Crippen molar-refractivity contribution < 1.29 is 24.5 Å². The van der Waals surface area contributed by atoms with E-state index in [0.717, 1.165) is 71.6 Å². The van der Waals surface area contributed by atoms with Gasteiger partial charge in [-0.25, -0.2) is 4.79 Å². The molecule has 2 saturated carbocycles. The average molecular weight is 666 g/mol. The van der Waals surface area contributed by atoms with Gasteiger partial charge >= 0.3 is 6.09 Å². The van der Waals surface area contributed by atoms with E-state index in [1.807, 2.05) is 25.1 Å². The molecular weight excluding hydrogens is 610 g/mol. The molecule has 0 saturated heterocycles. The van der Waals surface area contributed by atoms with E-state index in [0.29, 0.717) is 38.6 Å². The summed E-state index contributed by atoms with van der Waals surface area (Å²) in [4.78, 5) is 29.7. The number of aliphatic hydroxyl groups excluding tert-OH is 1. The SMILES string of the molecule is CCOC(=O)N(Cc1cccc2ccccc12)CC1(O)CCC2c3ccc(cc3C(=O)C3CCCCC3)CC(O)CCC(C)=CCCC21C. The standard InChI is InChI=1S/C43H55NO5/c1-4-49-41(47)44(28-34-17-10-16-32-13-8-9-18-36(32)34)29-43(48)25-23-39-37-22-20-31(27-38(37)40(46)33-14-6-5-7-15-33)26-35(45)21-19-30(2)12-11-24-42(39,43)3/h8-10,12-13,16-18,20,22,27,33,35,39,45,48H,4-7,11,14-15,19,21,23-26,28-29H2,1-3H3. The van der Waals surface area contributed by atoms with Crippen molar-refractivity contribution in [2.45, 2.75) is 122 Å². The highest BCUT2D eigenvalue weighted by Crippen LogP contribution is 2.59. The Morgan fingerprint density at radius 3 is 2.53 bits per heavy atom. The summed E-state index contributed by atoms with van der Waals surface area (Å²) in [5.74, 6) is 0.164. The van der Waals surface area contributed by atoms with Gasteiger partial charge in [-0.3, -0.25) is 4.79 Å². The third-order valence-corrected chi connectivity index (χ3v) is 12.1. The van der Waals surface area contributed by atoms with Crippen molar-refractivity contribution in [2.24, 2.45) is 11.3 Å². The van der Waals surface area contributed by atoms with Crippen molar-refractivity contribution in [3.8, 4) is 0 Å². The van der Waals surface area contributed by atoms with Crippen molar-refractivity contribution in [1.29, 1.82) is 0 Å². The lowest BCUT2D eigenvalue weighted by atomic mass is 9.64. The molecule has 6 nitrogen and oxygen atoms in total. The fraction of sp³-hybridized carbons (Fsp3) is 0.535. The number of carbonyl (C=O) groups is 2. The zero-order valence-electron chi connectivity index (χ0n) is 29.8. The molecule has 4 atom stereocenters. The van der Waals surface area contributed by atoms with Gasteiger partial charge in [-0.15, -0.1) is 0 Å². The molecule has 2 bridgehead atoms. The first-order chi connectivity index (χ1) is 23.6. The lowest BCUT2D eigenvalue weighted by Gasteiger charge is -2.46. The fourth-order valence-corrected chi connectivity index (χ4v) is 9.15. The summed E-state index contributed by atoms with van der Waals surface area (Å²) in [6, 6.07) is 20.6. The molecule has 7 rings (SSSR count). The molecule has 2 N–H and O–H groups in total. The summed E-state index contributed by atoms with van der Waals surface area (Å²) in [6.07, 6.45) is 11.2. The minimum Gasteiger partial charge on any atom is -0.450 e. The second-order valence-electron chi connectivity index (χ2n) is 15.3. The minimum absolute atomic E-state index is 0.0173. The zero-order valence-corrected chi connectivity index (χ0v) is 29.8. The first-order valence-electron chi connectivity index (χ1n) is 18.7. The molecule has 0 spiro atoms. The Balaban J connectivity index is 1.41. The van der Waals surface area contributed by atoms with E-state index in [9.17, 15) is 19.8 Å². The minimum atomic E-state index is -1.21. The van der Waals surface area contributed by atoms with Crippen LogP contribution in [0.2, 0.25) is 0 Å². The third kappa shape index (κ3) is 7.51. The molecule has 2 fully saturated rings. The molecule has 1 amide bonds. The van der Waals surface area contributed by atoms with E-state index < -0.39 is 23.2 Å². The van der Waals surface area contributed by atoms with Crippen LogP contribution in [0.3, 0.4) is 0 Å². The maximum Gasteiger partial charge on any atom is 0.410 e. The van der Waals surface area contributed by atoms with Crippen LogP contribution in [-0.2, 0) is 17.7 Å². The molecule has 0 aliphatic heterocycles. The number of nitrogens with zero attached hydrogens (tertiary/aromatic N) is 1. The van der Waals surface area contributed by atoms with Crippen LogP contribution in [0.5, 0.6) is 0 Å². The second kappa shape index (κ2) is 15.2. The van der Waals surface area contributed by atoms with Crippen LogP contribution in [0.25, 0.3) is 10.8 Å². The van der Waals surface area contributed by atoms with Gasteiger partial charge < -0.3 is 19.8 Å².